The van der Waals surface area contributed by atoms with Gasteiger partial charge in [0.1, 0.15) is 5.82 Å². The number of nitrogens with one attached hydrogen (secondary N) is 1. The minimum atomic E-state index is -0.807. The van der Waals surface area contributed by atoms with Gasteiger partial charge in [0, 0.05) is 5.54 Å². The second-order valence-electron chi connectivity index (χ2n) is 4.24. The summed E-state index contributed by atoms with van der Waals surface area (Å²) in [5.41, 5.74) is -0.685. The molecule has 88 valence electrons. The van der Waals surface area contributed by atoms with Crippen molar-refractivity contribution in [1.82, 2.24) is 5.32 Å². The van der Waals surface area contributed by atoms with Crippen LogP contribution in [0, 0.1) is 11.6 Å². The maximum absolute atomic E-state index is 13.9. The van der Waals surface area contributed by atoms with Gasteiger partial charge in [0.25, 0.3) is 0 Å². The van der Waals surface area contributed by atoms with E-state index in [-0.39, 0.29) is 10.0 Å². The molecule has 0 amide bonds. The van der Waals surface area contributed by atoms with Gasteiger partial charge >= 0.3 is 0 Å². The van der Waals surface area contributed by atoms with Crippen LogP contribution in [-0.2, 0) is 5.54 Å². The highest BCUT2D eigenvalue weighted by Crippen LogP contribution is 2.41. The molecule has 0 saturated carbocycles. The second-order valence-corrected chi connectivity index (χ2v) is 5.09. The van der Waals surface area contributed by atoms with Gasteiger partial charge in [-0.1, -0.05) is 0 Å². The molecule has 1 aliphatic heterocycles. The minimum Gasteiger partial charge on any atom is -0.505 e. The largest absolute Gasteiger partial charge is 0.505 e. The van der Waals surface area contributed by atoms with Gasteiger partial charge in [-0.2, -0.15) is 0 Å². The van der Waals surface area contributed by atoms with Crippen molar-refractivity contribution in [3.05, 3.63) is 27.7 Å². The van der Waals surface area contributed by atoms with E-state index < -0.39 is 22.9 Å². The summed E-state index contributed by atoms with van der Waals surface area (Å²) in [6.07, 6.45) is 1.55. The molecule has 1 aromatic rings. The van der Waals surface area contributed by atoms with E-state index in [1.165, 1.54) is 0 Å². The summed E-state index contributed by atoms with van der Waals surface area (Å²) in [7, 11) is 0. The zero-order chi connectivity index (χ0) is 11.9. The fraction of sp³-hybridized carbons (Fsp3) is 0.455. The molecule has 2 N–H and O–H groups in total. The van der Waals surface area contributed by atoms with Crippen LogP contribution in [0.2, 0.25) is 0 Å². The Hall–Kier alpha value is -0.680. The van der Waals surface area contributed by atoms with E-state index in [9.17, 15) is 13.9 Å². The first-order valence-electron chi connectivity index (χ1n) is 5.08. The number of hydrogen-bond donors (Lipinski definition) is 2. The standard InChI is InChI=1S/C11H12BrF2NO/c1-11(3-2-4-15-11)8-9(14)6(12)5-7(13)10(8)16/h5,15-16H,2-4H2,1H3. The Balaban J connectivity index is 2.63. The molecule has 1 unspecified atom stereocenters. The van der Waals surface area contributed by atoms with Crippen LogP contribution in [0.3, 0.4) is 0 Å². The van der Waals surface area contributed by atoms with Gasteiger partial charge in [-0.15, -0.1) is 0 Å². The number of rotatable bonds is 1. The van der Waals surface area contributed by atoms with Crippen molar-refractivity contribution in [1.29, 1.82) is 0 Å². The van der Waals surface area contributed by atoms with E-state index in [0.29, 0.717) is 6.42 Å². The molecular formula is C11H12BrF2NO. The quantitative estimate of drug-likeness (QED) is 0.780. The van der Waals surface area contributed by atoms with Gasteiger partial charge in [-0.25, -0.2) is 8.78 Å². The summed E-state index contributed by atoms with van der Waals surface area (Å²) >= 11 is 2.95. The minimum absolute atomic E-state index is 0.0110. The number of benzene rings is 1. The molecule has 1 atom stereocenters. The molecule has 1 aliphatic rings. The number of hydrogen-bond acceptors (Lipinski definition) is 2. The Morgan fingerprint density at radius 3 is 2.75 bits per heavy atom. The van der Waals surface area contributed by atoms with E-state index in [4.69, 9.17) is 0 Å². The van der Waals surface area contributed by atoms with E-state index >= 15 is 0 Å². The van der Waals surface area contributed by atoms with Crippen LogP contribution in [0.15, 0.2) is 10.5 Å². The van der Waals surface area contributed by atoms with Crippen LogP contribution < -0.4 is 5.32 Å². The van der Waals surface area contributed by atoms with Gasteiger partial charge in [-0.3, -0.25) is 0 Å². The molecule has 2 nitrogen and oxygen atoms in total. The maximum Gasteiger partial charge on any atom is 0.166 e. The van der Waals surface area contributed by atoms with Crippen LogP contribution in [0.5, 0.6) is 5.75 Å². The molecule has 0 aliphatic carbocycles. The lowest BCUT2D eigenvalue weighted by Gasteiger charge is -2.26. The third kappa shape index (κ3) is 1.72. The van der Waals surface area contributed by atoms with Crippen LogP contribution in [0.1, 0.15) is 25.3 Å². The van der Waals surface area contributed by atoms with E-state index in [2.05, 4.69) is 21.2 Å². The fourth-order valence-electron chi connectivity index (χ4n) is 2.20. The van der Waals surface area contributed by atoms with Crippen molar-refractivity contribution in [3.8, 4) is 5.75 Å². The Kier molecular flexibility index (Phi) is 2.92. The maximum atomic E-state index is 13.9. The zero-order valence-corrected chi connectivity index (χ0v) is 10.4. The molecule has 2 rings (SSSR count). The monoisotopic (exact) mass is 291 g/mol. The molecule has 0 bridgehead atoms. The molecule has 1 heterocycles. The summed E-state index contributed by atoms with van der Waals surface area (Å²) < 4.78 is 27.3. The first-order chi connectivity index (χ1) is 7.46. The summed E-state index contributed by atoms with van der Waals surface area (Å²) in [5.74, 6) is -2.01. The average molecular weight is 292 g/mol. The zero-order valence-electron chi connectivity index (χ0n) is 8.78. The lowest BCUT2D eigenvalue weighted by atomic mass is 9.89. The van der Waals surface area contributed by atoms with Crippen LogP contribution in [0.25, 0.3) is 0 Å². The highest BCUT2D eigenvalue weighted by molar-refractivity contribution is 9.10. The van der Waals surface area contributed by atoms with Crippen molar-refractivity contribution in [2.75, 3.05) is 6.54 Å². The van der Waals surface area contributed by atoms with Crippen molar-refractivity contribution < 1.29 is 13.9 Å². The van der Waals surface area contributed by atoms with E-state index in [1.54, 1.807) is 6.92 Å². The first kappa shape index (κ1) is 11.8. The normalized spacial score (nSPS) is 25.0. The molecule has 16 heavy (non-hydrogen) atoms. The number of aromatic hydroxyl groups is 1. The third-order valence-electron chi connectivity index (χ3n) is 3.07. The lowest BCUT2D eigenvalue weighted by Crippen LogP contribution is -2.34. The van der Waals surface area contributed by atoms with E-state index in [0.717, 1.165) is 19.0 Å². The van der Waals surface area contributed by atoms with Crippen molar-refractivity contribution >= 4 is 15.9 Å². The molecule has 0 radical (unpaired) electrons. The van der Waals surface area contributed by atoms with Gasteiger partial charge in [0.15, 0.2) is 11.6 Å². The Morgan fingerprint density at radius 2 is 2.19 bits per heavy atom. The summed E-state index contributed by atoms with van der Waals surface area (Å²) in [5, 5.41) is 12.8. The smallest absolute Gasteiger partial charge is 0.166 e. The SMILES string of the molecule is CC1(c2c(O)c(F)cc(Br)c2F)CCCN1. The topological polar surface area (TPSA) is 32.3 Å². The molecular weight excluding hydrogens is 280 g/mol. The van der Waals surface area contributed by atoms with Gasteiger partial charge in [0.2, 0.25) is 0 Å². The highest BCUT2D eigenvalue weighted by Gasteiger charge is 2.37. The summed E-state index contributed by atoms with van der Waals surface area (Å²) in [4.78, 5) is 0. The Bertz CT molecular complexity index is 404. The molecule has 0 spiro atoms. The van der Waals surface area contributed by atoms with Crippen LogP contribution >= 0.6 is 15.9 Å². The van der Waals surface area contributed by atoms with Crippen molar-refractivity contribution in [2.24, 2.45) is 0 Å². The number of halogens is 3. The van der Waals surface area contributed by atoms with Crippen molar-refractivity contribution in [2.45, 2.75) is 25.3 Å². The summed E-state index contributed by atoms with van der Waals surface area (Å²) in [6, 6.07) is 0.937. The summed E-state index contributed by atoms with van der Waals surface area (Å²) in [6.45, 7) is 2.51. The first-order valence-corrected chi connectivity index (χ1v) is 5.87. The number of phenols is 1. The van der Waals surface area contributed by atoms with Gasteiger partial charge in [0.05, 0.1) is 10.0 Å². The molecule has 0 aromatic heterocycles. The molecule has 1 fully saturated rings. The fourth-order valence-corrected chi connectivity index (χ4v) is 2.60. The molecule has 1 saturated heterocycles. The molecule has 5 heteroatoms. The lowest BCUT2D eigenvalue weighted by molar-refractivity contribution is 0.356. The third-order valence-corrected chi connectivity index (χ3v) is 3.64. The Morgan fingerprint density at radius 1 is 1.50 bits per heavy atom. The van der Waals surface area contributed by atoms with Crippen LogP contribution in [-0.4, -0.2) is 11.7 Å². The number of phenolic OH excluding ortho intramolecular Hbond substituents is 1. The average Bonchev–Trinajstić information content (AvgIpc) is 2.63. The van der Waals surface area contributed by atoms with Gasteiger partial charge < -0.3 is 10.4 Å². The highest BCUT2D eigenvalue weighted by atomic mass is 79.9. The van der Waals surface area contributed by atoms with Gasteiger partial charge in [-0.05, 0) is 48.3 Å². The predicted octanol–water partition coefficient (Wildman–Crippen LogP) is 3.03. The Labute approximate surface area is 101 Å². The predicted molar refractivity (Wildman–Crippen MR) is 60.3 cm³/mol. The van der Waals surface area contributed by atoms with Crippen LogP contribution in [0.4, 0.5) is 8.78 Å². The second kappa shape index (κ2) is 3.96. The van der Waals surface area contributed by atoms with Crippen molar-refractivity contribution in [3.63, 3.8) is 0 Å². The van der Waals surface area contributed by atoms with E-state index in [1.807, 2.05) is 0 Å². The molecule has 1 aromatic carbocycles.